The van der Waals surface area contributed by atoms with Gasteiger partial charge < -0.3 is 5.32 Å². The van der Waals surface area contributed by atoms with Crippen LogP contribution in [0.25, 0.3) is 5.82 Å². The number of aromatic nitrogens is 3. The Bertz CT molecular complexity index is 479. The van der Waals surface area contributed by atoms with E-state index < -0.39 is 0 Å². The summed E-state index contributed by atoms with van der Waals surface area (Å²) in [5, 5.41) is 3.96. The Hall–Kier alpha value is -1.39. The predicted molar refractivity (Wildman–Crippen MR) is 68.3 cm³/mol. The van der Waals surface area contributed by atoms with E-state index in [4.69, 9.17) is 11.6 Å². The molecule has 0 aliphatic rings. The Morgan fingerprint density at radius 2 is 2.29 bits per heavy atom. The third kappa shape index (κ3) is 3.05. The minimum atomic E-state index is 0.446. The average Bonchev–Trinajstić information content (AvgIpc) is 2.79. The van der Waals surface area contributed by atoms with E-state index in [-0.39, 0.29) is 0 Å². The number of imidazole rings is 1. The molecule has 0 fully saturated rings. The second-order valence-corrected chi connectivity index (χ2v) is 4.56. The van der Waals surface area contributed by atoms with Gasteiger partial charge in [0.15, 0.2) is 5.82 Å². The Morgan fingerprint density at radius 3 is 2.88 bits per heavy atom. The van der Waals surface area contributed by atoms with E-state index in [9.17, 15) is 0 Å². The smallest absolute Gasteiger partial charge is 0.156 e. The zero-order valence-electron chi connectivity index (χ0n) is 9.89. The number of nitrogens with zero attached hydrogens (tertiary/aromatic N) is 3. The lowest BCUT2D eigenvalue weighted by Crippen LogP contribution is -2.21. The molecule has 90 valence electrons. The van der Waals surface area contributed by atoms with Crippen molar-refractivity contribution in [2.24, 2.45) is 0 Å². The molecule has 0 unspecified atom stereocenters. The molecule has 2 rings (SSSR count). The van der Waals surface area contributed by atoms with Crippen molar-refractivity contribution in [1.82, 2.24) is 19.9 Å². The van der Waals surface area contributed by atoms with Gasteiger partial charge in [-0.05, 0) is 11.6 Å². The summed E-state index contributed by atoms with van der Waals surface area (Å²) in [6.45, 7) is 4.98. The van der Waals surface area contributed by atoms with Crippen LogP contribution in [0.5, 0.6) is 0 Å². The quantitative estimate of drug-likeness (QED) is 0.906. The van der Waals surface area contributed by atoms with E-state index >= 15 is 0 Å². The van der Waals surface area contributed by atoms with Gasteiger partial charge in [-0.25, -0.2) is 9.97 Å². The number of pyridine rings is 1. The molecule has 2 aromatic heterocycles. The maximum absolute atomic E-state index is 6.20. The Kier molecular flexibility index (Phi) is 3.76. The molecule has 0 spiro atoms. The van der Waals surface area contributed by atoms with E-state index in [2.05, 4.69) is 29.1 Å². The maximum atomic E-state index is 6.20. The fourth-order valence-electron chi connectivity index (χ4n) is 1.46. The van der Waals surface area contributed by atoms with E-state index in [1.807, 2.05) is 18.5 Å². The van der Waals surface area contributed by atoms with E-state index in [0.717, 1.165) is 12.1 Å². The van der Waals surface area contributed by atoms with Crippen molar-refractivity contribution in [2.75, 3.05) is 0 Å². The molecule has 0 saturated heterocycles. The number of rotatable bonds is 4. The monoisotopic (exact) mass is 250 g/mol. The first-order chi connectivity index (χ1) is 8.16. The molecule has 0 aromatic carbocycles. The molecule has 2 aromatic rings. The van der Waals surface area contributed by atoms with Gasteiger partial charge in [0.1, 0.15) is 6.33 Å². The molecule has 0 bridgehead atoms. The van der Waals surface area contributed by atoms with Gasteiger partial charge in [-0.1, -0.05) is 25.4 Å². The van der Waals surface area contributed by atoms with Gasteiger partial charge in [-0.15, -0.1) is 0 Å². The molecule has 4 nitrogen and oxygen atoms in total. The van der Waals surface area contributed by atoms with Crippen molar-refractivity contribution in [2.45, 2.75) is 26.4 Å². The molecule has 1 N–H and O–H groups in total. The Morgan fingerprint density at radius 1 is 1.47 bits per heavy atom. The lowest BCUT2D eigenvalue weighted by molar-refractivity contribution is 0.588. The van der Waals surface area contributed by atoms with Crippen LogP contribution in [0.4, 0.5) is 0 Å². The summed E-state index contributed by atoms with van der Waals surface area (Å²) in [5.74, 6) is 0.706. The number of halogens is 1. The average molecular weight is 251 g/mol. The highest BCUT2D eigenvalue weighted by atomic mass is 35.5. The predicted octanol–water partition coefficient (Wildman–Crippen LogP) is 2.42. The topological polar surface area (TPSA) is 42.7 Å². The fourth-order valence-corrected chi connectivity index (χ4v) is 1.75. The zero-order valence-corrected chi connectivity index (χ0v) is 10.6. The normalized spacial score (nSPS) is 11.1. The second kappa shape index (κ2) is 5.29. The third-order valence-corrected chi connectivity index (χ3v) is 2.62. The van der Waals surface area contributed by atoms with Gasteiger partial charge in [0.2, 0.25) is 0 Å². The summed E-state index contributed by atoms with van der Waals surface area (Å²) in [7, 11) is 0. The van der Waals surface area contributed by atoms with Crippen LogP contribution in [-0.2, 0) is 6.54 Å². The SMILES string of the molecule is CC(C)NCc1cnc(-n2ccnc2)c(Cl)c1. The van der Waals surface area contributed by atoms with Crippen LogP contribution >= 0.6 is 11.6 Å². The number of hydrogen-bond acceptors (Lipinski definition) is 3. The molecule has 2 heterocycles. The minimum Gasteiger partial charge on any atom is -0.310 e. The third-order valence-electron chi connectivity index (χ3n) is 2.34. The first-order valence-corrected chi connectivity index (χ1v) is 5.90. The van der Waals surface area contributed by atoms with Gasteiger partial charge in [0, 0.05) is 31.2 Å². The molecular weight excluding hydrogens is 236 g/mol. The fraction of sp³-hybridized carbons (Fsp3) is 0.333. The minimum absolute atomic E-state index is 0.446. The van der Waals surface area contributed by atoms with Crippen molar-refractivity contribution in [1.29, 1.82) is 0 Å². The van der Waals surface area contributed by atoms with Crippen LogP contribution in [0.15, 0.2) is 31.0 Å². The maximum Gasteiger partial charge on any atom is 0.156 e. The first-order valence-electron chi connectivity index (χ1n) is 5.53. The molecular formula is C12H15ClN4. The number of nitrogens with one attached hydrogen (secondary N) is 1. The van der Waals surface area contributed by atoms with Gasteiger partial charge in [0.25, 0.3) is 0 Å². The molecule has 0 amide bonds. The summed E-state index contributed by atoms with van der Waals surface area (Å²) in [5.41, 5.74) is 1.08. The molecule has 0 aliphatic heterocycles. The van der Waals surface area contributed by atoms with Gasteiger partial charge in [-0.2, -0.15) is 0 Å². The summed E-state index contributed by atoms with van der Waals surface area (Å²) in [6, 6.07) is 2.38. The van der Waals surface area contributed by atoms with Crippen molar-refractivity contribution >= 4 is 11.6 Å². The summed E-state index contributed by atoms with van der Waals surface area (Å²) in [4.78, 5) is 8.32. The molecule has 5 heteroatoms. The lowest BCUT2D eigenvalue weighted by Gasteiger charge is -2.09. The Balaban J connectivity index is 2.17. The molecule has 0 radical (unpaired) electrons. The first kappa shape index (κ1) is 12.1. The summed E-state index contributed by atoms with van der Waals surface area (Å²) in [6.07, 6.45) is 7.03. The second-order valence-electron chi connectivity index (χ2n) is 4.15. The highest BCUT2D eigenvalue weighted by molar-refractivity contribution is 6.32. The zero-order chi connectivity index (χ0) is 12.3. The Labute approximate surface area is 106 Å². The summed E-state index contributed by atoms with van der Waals surface area (Å²) >= 11 is 6.20. The van der Waals surface area contributed by atoms with E-state index in [1.54, 1.807) is 17.1 Å². The van der Waals surface area contributed by atoms with Crippen molar-refractivity contribution in [3.05, 3.63) is 41.6 Å². The highest BCUT2D eigenvalue weighted by Gasteiger charge is 2.05. The van der Waals surface area contributed by atoms with Crippen LogP contribution < -0.4 is 5.32 Å². The van der Waals surface area contributed by atoms with Gasteiger partial charge >= 0.3 is 0 Å². The van der Waals surface area contributed by atoms with Crippen LogP contribution in [-0.4, -0.2) is 20.6 Å². The van der Waals surface area contributed by atoms with Crippen LogP contribution in [0.3, 0.4) is 0 Å². The van der Waals surface area contributed by atoms with Gasteiger partial charge in [-0.3, -0.25) is 4.57 Å². The van der Waals surface area contributed by atoms with Crippen molar-refractivity contribution in [3.8, 4) is 5.82 Å². The van der Waals surface area contributed by atoms with E-state index in [1.165, 1.54) is 0 Å². The van der Waals surface area contributed by atoms with E-state index in [0.29, 0.717) is 16.9 Å². The molecule has 0 saturated carbocycles. The van der Waals surface area contributed by atoms with Gasteiger partial charge in [0.05, 0.1) is 5.02 Å². The molecule has 17 heavy (non-hydrogen) atoms. The van der Waals surface area contributed by atoms with Crippen LogP contribution in [0, 0.1) is 0 Å². The molecule has 0 aliphatic carbocycles. The largest absolute Gasteiger partial charge is 0.310 e. The number of hydrogen-bond donors (Lipinski definition) is 1. The molecule has 0 atom stereocenters. The highest BCUT2D eigenvalue weighted by Crippen LogP contribution is 2.18. The van der Waals surface area contributed by atoms with Crippen molar-refractivity contribution < 1.29 is 0 Å². The standard InChI is InChI=1S/C12H15ClN4/c1-9(2)15-6-10-5-11(13)12(16-7-10)17-4-3-14-8-17/h3-5,7-9,15H,6H2,1-2H3. The lowest BCUT2D eigenvalue weighted by atomic mass is 10.2. The van der Waals surface area contributed by atoms with Crippen molar-refractivity contribution in [3.63, 3.8) is 0 Å². The van der Waals surface area contributed by atoms with Crippen LogP contribution in [0.2, 0.25) is 5.02 Å². The van der Waals surface area contributed by atoms with Crippen LogP contribution in [0.1, 0.15) is 19.4 Å². The summed E-state index contributed by atoms with van der Waals surface area (Å²) < 4.78 is 1.79.